The van der Waals surface area contributed by atoms with Crippen LogP contribution in [0.3, 0.4) is 0 Å². The topological polar surface area (TPSA) is 42.7 Å². The van der Waals surface area contributed by atoms with E-state index in [0.29, 0.717) is 12.0 Å². The van der Waals surface area contributed by atoms with Crippen LogP contribution in [-0.2, 0) is 13.5 Å². The Hall–Kier alpha value is -1.75. The van der Waals surface area contributed by atoms with E-state index in [0.717, 1.165) is 5.56 Å². The maximum Gasteiger partial charge on any atom is 0.146 e. The summed E-state index contributed by atoms with van der Waals surface area (Å²) >= 11 is 0. The van der Waals surface area contributed by atoms with Crippen molar-refractivity contribution in [1.82, 2.24) is 20.1 Å². The first kappa shape index (κ1) is 11.7. The Morgan fingerprint density at radius 2 is 2.29 bits per heavy atom. The number of nitrogens with one attached hydrogen (secondary N) is 1. The molecule has 0 aliphatic rings. The predicted octanol–water partition coefficient (Wildman–Crippen LogP) is 1.46. The maximum absolute atomic E-state index is 13.6. The van der Waals surface area contributed by atoms with Crippen molar-refractivity contribution in [2.24, 2.45) is 7.05 Å². The summed E-state index contributed by atoms with van der Waals surface area (Å²) in [6, 6.07) is 1.63. The van der Waals surface area contributed by atoms with Crippen LogP contribution in [0.15, 0.2) is 30.9 Å². The lowest BCUT2D eigenvalue weighted by molar-refractivity contribution is 0.530. The Balaban J connectivity index is 2.20. The van der Waals surface area contributed by atoms with Gasteiger partial charge in [-0.15, -0.1) is 0 Å². The van der Waals surface area contributed by atoms with Crippen LogP contribution >= 0.6 is 0 Å². The van der Waals surface area contributed by atoms with Crippen molar-refractivity contribution >= 4 is 0 Å². The molecule has 0 saturated heterocycles. The summed E-state index contributed by atoms with van der Waals surface area (Å²) in [4.78, 5) is 3.75. The summed E-state index contributed by atoms with van der Waals surface area (Å²) in [5.41, 5.74) is 1.70. The number of aryl methyl sites for hydroxylation is 1. The molecule has 2 aromatic rings. The Morgan fingerprint density at radius 1 is 1.47 bits per heavy atom. The average Bonchev–Trinajstić information content (AvgIpc) is 2.73. The number of hydrogen-bond donors (Lipinski definition) is 1. The van der Waals surface area contributed by atoms with Crippen molar-refractivity contribution in [2.75, 3.05) is 7.05 Å². The van der Waals surface area contributed by atoms with Crippen LogP contribution in [0.4, 0.5) is 4.39 Å². The van der Waals surface area contributed by atoms with Gasteiger partial charge in [0.15, 0.2) is 0 Å². The summed E-state index contributed by atoms with van der Waals surface area (Å²) < 4.78 is 15.4. The van der Waals surface area contributed by atoms with E-state index in [4.69, 9.17) is 0 Å². The molecule has 0 aromatic carbocycles. The molecule has 2 heterocycles. The van der Waals surface area contributed by atoms with E-state index < -0.39 is 0 Å². The van der Waals surface area contributed by atoms with Gasteiger partial charge in [-0.1, -0.05) is 0 Å². The van der Waals surface area contributed by atoms with E-state index in [1.165, 1.54) is 6.20 Å². The Labute approximate surface area is 99.5 Å². The van der Waals surface area contributed by atoms with E-state index in [1.807, 2.05) is 20.3 Å². The molecule has 1 atom stereocenters. The van der Waals surface area contributed by atoms with Gasteiger partial charge in [0.25, 0.3) is 0 Å². The molecule has 0 radical (unpaired) electrons. The monoisotopic (exact) mass is 234 g/mol. The van der Waals surface area contributed by atoms with E-state index in [2.05, 4.69) is 15.4 Å². The second-order valence-electron chi connectivity index (χ2n) is 3.96. The van der Waals surface area contributed by atoms with Gasteiger partial charge in [0.1, 0.15) is 5.82 Å². The van der Waals surface area contributed by atoms with Gasteiger partial charge in [0.2, 0.25) is 0 Å². The first-order chi connectivity index (χ1) is 8.20. The minimum atomic E-state index is -0.282. The zero-order valence-electron chi connectivity index (χ0n) is 9.89. The molecule has 2 aromatic heterocycles. The molecule has 0 aliphatic heterocycles. The highest BCUT2D eigenvalue weighted by molar-refractivity contribution is 5.20. The van der Waals surface area contributed by atoms with E-state index in [1.54, 1.807) is 23.1 Å². The number of halogens is 1. The molecule has 0 saturated carbocycles. The summed E-state index contributed by atoms with van der Waals surface area (Å²) in [6.07, 6.45) is 7.27. The van der Waals surface area contributed by atoms with Crippen LogP contribution in [0.25, 0.3) is 0 Å². The summed E-state index contributed by atoms with van der Waals surface area (Å²) in [5.74, 6) is -0.282. The molecule has 17 heavy (non-hydrogen) atoms. The quantitative estimate of drug-likeness (QED) is 0.870. The average molecular weight is 234 g/mol. The van der Waals surface area contributed by atoms with Crippen molar-refractivity contribution in [2.45, 2.75) is 12.5 Å². The normalized spacial score (nSPS) is 12.6. The van der Waals surface area contributed by atoms with Crippen LogP contribution in [0.1, 0.15) is 17.2 Å². The lowest BCUT2D eigenvalue weighted by Gasteiger charge is -2.16. The van der Waals surface area contributed by atoms with Gasteiger partial charge in [-0.3, -0.25) is 9.67 Å². The summed E-state index contributed by atoms with van der Waals surface area (Å²) in [7, 11) is 3.69. The fourth-order valence-corrected chi connectivity index (χ4v) is 1.85. The second-order valence-corrected chi connectivity index (χ2v) is 3.96. The molecule has 4 nitrogen and oxygen atoms in total. The maximum atomic E-state index is 13.6. The van der Waals surface area contributed by atoms with Gasteiger partial charge >= 0.3 is 0 Å². The SMILES string of the molecule is CNC(Cc1cnn(C)c1)c1ccncc1F. The first-order valence-corrected chi connectivity index (χ1v) is 5.45. The van der Waals surface area contributed by atoms with E-state index >= 15 is 0 Å². The lowest BCUT2D eigenvalue weighted by Crippen LogP contribution is -2.20. The molecular formula is C12H15FN4. The van der Waals surface area contributed by atoms with E-state index in [9.17, 15) is 4.39 Å². The summed E-state index contributed by atoms with van der Waals surface area (Å²) in [5, 5.41) is 7.21. The van der Waals surface area contributed by atoms with Crippen molar-refractivity contribution < 1.29 is 4.39 Å². The zero-order valence-corrected chi connectivity index (χ0v) is 9.89. The zero-order chi connectivity index (χ0) is 12.3. The highest BCUT2D eigenvalue weighted by Crippen LogP contribution is 2.19. The lowest BCUT2D eigenvalue weighted by atomic mass is 10.0. The standard InChI is InChI=1S/C12H15FN4/c1-14-12(5-9-6-16-17(2)8-9)10-3-4-15-7-11(10)13/h3-4,6-8,12,14H,5H2,1-2H3. The molecular weight excluding hydrogens is 219 g/mol. The van der Waals surface area contributed by atoms with Crippen LogP contribution in [0, 0.1) is 5.82 Å². The van der Waals surface area contributed by atoms with E-state index in [-0.39, 0.29) is 11.9 Å². The molecule has 0 spiro atoms. The third kappa shape index (κ3) is 2.68. The second kappa shape index (κ2) is 5.05. The molecule has 1 unspecified atom stereocenters. The van der Waals surface area contributed by atoms with Crippen molar-refractivity contribution in [3.05, 3.63) is 47.8 Å². The molecule has 90 valence electrons. The van der Waals surface area contributed by atoms with Crippen molar-refractivity contribution in [1.29, 1.82) is 0 Å². The van der Waals surface area contributed by atoms with Crippen LogP contribution < -0.4 is 5.32 Å². The summed E-state index contributed by atoms with van der Waals surface area (Å²) in [6.45, 7) is 0. The van der Waals surface area contributed by atoms with Gasteiger partial charge in [0.05, 0.1) is 12.4 Å². The Morgan fingerprint density at radius 3 is 2.88 bits per heavy atom. The fraction of sp³-hybridized carbons (Fsp3) is 0.333. The largest absolute Gasteiger partial charge is 0.313 e. The molecule has 0 aliphatic carbocycles. The van der Waals surface area contributed by atoms with Crippen LogP contribution in [0.5, 0.6) is 0 Å². The number of nitrogens with zero attached hydrogens (tertiary/aromatic N) is 3. The number of hydrogen-bond acceptors (Lipinski definition) is 3. The molecule has 2 rings (SSSR count). The minimum absolute atomic E-state index is 0.0674. The Kier molecular flexibility index (Phi) is 3.49. The minimum Gasteiger partial charge on any atom is -0.313 e. The third-order valence-electron chi connectivity index (χ3n) is 2.73. The highest BCUT2D eigenvalue weighted by atomic mass is 19.1. The molecule has 1 N–H and O–H groups in total. The Bertz CT molecular complexity index is 495. The van der Waals surface area contributed by atoms with Gasteiger partial charge in [-0.2, -0.15) is 5.10 Å². The first-order valence-electron chi connectivity index (χ1n) is 5.45. The number of rotatable bonds is 4. The van der Waals surface area contributed by atoms with Gasteiger partial charge < -0.3 is 5.32 Å². The number of pyridine rings is 1. The molecule has 0 bridgehead atoms. The molecule has 0 amide bonds. The third-order valence-corrected chi connectivity index (χ3v) is 2.73. The molecule has 5 heteroatoms. The van der Waals surface area contributed by atoms with Gasteiger partial charge in [-0.25, -0.2) is 4.39 Å². The smallest absolute Gasteiger partial charge is 0.146 e. The van der Waals surface area contributed by atoms with Gasteiger partial charge in [-0.05, 0) is 25.1 Å². The van der Waals surface area contributed by atoms with Gasteiger partial charge in [0, 0.05) is 31.0 Å². The van der Waals surface area contributed by atoms with Crippen LogP contribution in [-0.4, -0.2) is 21.8 Å². The van der Waals surface area contributed by atoms with Crippen molar-refractivity contribution in [3.63, 3.8) is 0 Å². The number of aromatic nitrogens is 3. The predicted molar refractivity (Wildman–Crippen MR) is 62.9 cm³/mol. The highest BCUT2D eigenvalue weighted by Gasteiger charge is 2.15. The fourth-order valence-electron chi connectivity index (χ4n) is 1.85. The van der Waals surface area contributed by atoms with Crippen molar-refractivity contribution in [3.8, 4) is 0 Å². The molecule has 0 fully saturated rings. The van der Waals surface area contributed by atoms with Crippen LogP contribution in [0.2, 0.25) is 0 Å². The number of likely N-dealkylation sites (N-methyl/N-ethyl adjacent to an activating group) is 1.